The van der Waals surface area contributed by atoms with Crippen LogP contribution in [0.25, 0.3) is 0 Å². The van der Waals surface area contributed by atoms with Gasteiger partial charge in [-0.05, 0) is 121 Å². The maximum absolute atomic E-state index is 10.7. The second kappa shape index (κ2) is 6.86. The quantitative estimate of drug-likeness (QED) is 0.419. The van der Waals surface area contributed by atoms with Gasteiger partial charge in [-0.25, -0.2) is 0 Å². The SMILES string of the molecule is CC[C@]12CCC(C)(C)CC1C1=CCC3C4(C)CC[C@H](O)C(C)[C@@H]4CC[C@]3(C)[C@]1(C)CC2. The molecule has 1 N–H and O–H groups in total. The third-order valence-electron chi connectivity index (χ3n) is 13.1. The topological polar surface area (TPSA) is 20.2 Å². The number of aliphatic hydroxyl groups excluding tert-OH is 1. The fourth-order valence-corrected chi connectivity index (χ4v) is 10.6. The summed E-state index contributed by atoms with van der Waals surface area (Å²) in [6.45, 7) is 18.0. The second-order valence-corrected chi connectivity index (χ2v) is 14.5. The first-order valence-electron chi connectivity index (χ1n) is 13.8. The van der Waals surface area contributed by atoms with Gasteiger partial charge in [-0.1, -0.05) is 60.1 Å². The van der Waals surface area contributed by atoms with Gasteiger partial charge in [0.15, 0.2) is 0 Å². The lowest BCUT2D eigenvalue weighted by atomic mass is 9.34. The van der Waals surface area contributed by atoms with Crippen molar-refractivity contribution in [3.05, 3.63) is 11.6 Å². The summed E-state index contributed by atoms with van der Waals surface area (Å²) in [7, 11) is 0. The van der Waals surface area contributed by atoms with Gasteiger partial charge in [0.1, 0.15) is 0 Å². The molecule has 0 heterocycles. The molecule has 1 nitrogen and oxygen atoms in total. The van der Waals surface area contributed by atoms with Crippen molar-refractivity contribution in [2.75, 3.05) is 0 Å². The van der Waals surface area contributed by atoms with Crippen LogP contribution in [-0.2, 0) is 0 Å². The lowest BCUT2D eigenvalue weighted by Crippen LogP contribution is -2.63. The predicted octanol–water partition coefficient (Wildman–Crippen LogP) is 8.17. The van der Waals surface area contributed by atoms with E-state index in [1.807, 2.05) is 5.57 Å². The van der Waals surface area contributed by atoms with Crippen LogP contribution in [0.4, 0.5) is 0 Å². The Morgan fingerprint density at radius 2 is 1.65 bits per heavy atom. The Bertz CT molecular complexity index is 764. The van der Waals surface area contributed by atoms with E-state index in [1.165, 1.54) is 64.2 Å². The standard InChI is InChI=1S/C30H50O/c1-8-30-17-15-26(3,4)19-23(30)22-9-10-25-27(5)13-12-24(31)20(2)21(27)11-14-29(25,7)28(22,6)16-18-30/h9,20-21,23-25,31H,8,10-19H2,1-7H3/t20?,21-,23?,24-,25?,27?,28+,29-,30+/m0/s1. The summed E-state index contributed by atoms with van der Waals surface area (Å²) in [6, 6.07) is 0. The molecule has 4 unspecified atom stereocenters. The summed E-state index contributed by atoms with van der Waals surface area (Å²) in [5.41, 5.74) is 4.18. The van der Waals surface area contributed by atoms with Crippen molar-refractivity contribution < 1.29 is 5.11 Å². The minimum atomic E-state index is -0.0722. The molecule has 0 aromatic heterocycles. The van der Waals surface area contributed by atoms with Crippen LogP contribution in [0.15, 0.2) is 11.6 Å². The molecule has 1 heteroatoms. The number of allylic oxidation sites excluding steroid dienone is 2. The van der Waals surface area contributed by atoms with E-state index in [0.717, 1.165) is 18.3 Å². The summed E-state index contributed by atoms with van der Waals surface area (Å²) in [6.07, 6.45) is 17.5. The van der Waals surface area contributed by atoms with Gasteiger partial charge in [0.2, 0.25) is 0 Å². The van der Waals surface area contributed by atoms with E-state index in [9.17, 15) is 5.11 Å². The van der Waals surface area contributed by atoms with Crippen LogP contribution < -0.4 is 0 Å². The largest absolute Gasteiger partial charge is 0.393 e. The zero-order valence-electron chi connectivity index (χ0n) is 21.7. The fourth-order valence-electron chi connectivity index (χ4n) is 10.6. The van der Waals surface area contributed by atoms with E-state index in [-0.39, 0.29) is 6.10 Å². The average Bonchev–Trinajstić information content (AvgIpc) is 2.71. The molecule has 4 fully saturated rings. The molecule has 4 saturated carbocycles. The molecule has 9 atom stereocenters. The van der Waals surface area contributed by atoms with Gasteiger partial charge in [0.25, 0.3) is 0 Å². The van der Waals surface area contributed by atoms with Gasteiger partial charge >= 0.3 is 0 Å². The molecule has 0 radical (unpaired) electrons. The summed E-state index contributed by atoms with van der Waals surface area (Å²) >= 11 is 0. The van der Waals surface area contributed by atoms with Gasteiger partial charge in [-0.3, -0.25) is 0 Å². The van der Waals surface area contributed by atoms with E-state index in [1.54, 1.807) is 0 Å². The number of rotatable bonds is 1. The Morgan fingerprint density at radius 3 is 2.35 bits per heavy atom. The summed E-state index contributed by atoms with van der Waals surface area (Å²) in [5, 5.41) is 10.7. The molecule has 5 aliphatic rings. The monoisotopic (exact) mass is 426 g/mol. The minimum Gasteiger partial charge on any atom is -0.393 e. The zero-order valence-corrected chi connectivity index (χ0v) is 21.7. The van der Waals surface area contributed by atoms with Crippen molar-refractivity contribution >= 4 is 0 Å². The van der Waals surface area contributed by atoms with Gasteiger partial charge in [0, 0.05) is 0 Å². The molecular weight excluding hydrogens is 376 g/mol. The number of hydrogen-bond acceptors (Lipinski definition) is 1. The van der Waals surface area contributed by atoms with Crippen molar-refractivity contribution in [2.45, 2.75) is 125 Å². The molecular formula is C30H50O. The van der Waals surface area contributed by atoms with Crippen molar-refractivity contribution in [3.8, 4) is 0 Å². The second-order valence-electron chi connectivity index (χ2n) is 14.5. The number of aliphatic hydroxyl groups is 1. The fraction of sp³-hybridized carbons (Fsp3) is 0.933. The Balaban J connectivity index is 1.57. The third kappa shape index (κ3) is 2.83. The van der Waals surface area contributed by atoms with Crippen LogP contribution in [0.1, 0.15) is 119 Å². The van der Waals surface area contributed by atoms with E-state index < -0.39 is 0 Å². The Hall–Kier alpha value is -0.300. The van der Waals surface area contributed by atoms with Gasteiger partial charge in [-0.2, -0.15) is 0 Å². The molecule has 5 rings (SSSR count). The molecule has 0 saturated heterocycles. The molecule has 31 heavy (non-hydrogen) atoms. The lowest BCUT2D eigenvalue weighted by Gasteiger charge is -2.70. The smallest absolute Gasteiger partial charge is 0.0568 e. The predicted molar refractivity (Wildman–Crippen MR) is 131 cm³/mol. The van der Waals surface area contributed by atoms with Crippen LogP contribution in [0.2, 0.25) is 0 Å². The van der Waals surface area contributed by atoms with Gasteiger partial charge in [0.05, 0.1) is 6.10 Å². The average molecular weight is 427 g/mol. The minimum absolute atomic E-state index is 0.0722. The molecule has 5 aliphatic carbocycles. The van der Waals surface area contributed by atoms with E-state index in [4.69, 9.17) is 0 Å². The van der Waals surface area contributed by atoms with Crippen LogP contribution >= 0.6 is 0 Å². The molecule has 0 aromatic carbocycles. The first-order valence-corrected chi connectivity index (χ1v) is 13.8. The third-order valence-corrected chi connectivity index (χ3v) is 13.1. The maximum atomic E-state index is 10.7. The lowest BCUT2D eigenvalue weighted by molar-refractivity contribution is -0.180. The van der Waals surface area contributed by atoms with Crippen LogP contribution in [0.3, 0.4) is 0 Å². The van der Waals surface area contributed by atoms with E-state index >= 15 is 0 Å². The number of hydrogen-bond donors (Lipinski definition) is 1. The van der Waals surface area contributed by atoms with E-state index in [0.29, 0.717) is 38.9 Å². The molecule has 0 spiro atoms. The Kier molecular flexibility index (Phi) is 4.98. The zero-order chi connectivity index (χ0) is 22.4. The van der Waals surface area contributed by atoms with Crippen molar-refractivity contribution in [2.24, 2.45) is 50.7 Å². The van der Waals surface area contributed by atoms with Crippen LogP contribution in [0, 0.1) is 50.7 Å². The molecule has 0 bridgehead atoms. The highest BCUT2D eigenvalue weighted by Gasteiger charge is 2.66. The molecule has 0 amide bonds. The van der Waals surface area contributed by atoms with Gasteiger partial charge < -0.3 is 5.11 Å². The Morgan fingerprint density at radius 1 is 0.935 bits per heavy atom. The summed E-state index contributed by atoms with van der Waals surface area (Å²) < 4.78 is 0. The van der Waals surface area contributed by atoms with Crippen LogP contribution in [-0.4, -0.2) is 11.2 Å². The highest BCUT2D eigenvalue weighted by Crippen LogP contribution is 2.75. The normalized spacial score (nSPS) is 55.9. The van der Waals surface area contributed by atoms with Crippen molar-refractivity contribution in [1.29, 1.82) is 0 Å². The van der Waals surface area contributed by atoms with Crippen molar-refractivity contribution in [3.63, 3.8) is 0 Å². The molecule has 0 aliphatic heterocycles. The van der Waals surface area contributed by atoms with Gasteiger partial charge in [-0.15, -0.1) is 0 Å². The molecule has 0 aromatic rings. The first-order chi connectivity index (χ1) is 14.4. The summed E-state index contributed by atoms with van der Waals surface area (Å²) in [4.78, 5) is 0. The summed E-state index contributed by atoms with van der Waals surface area (Å²) in [5.74, 6) is 2.78. The molecule has 176 valence electrons. The first kappa shape index (κ1) is 22.5. The highest BCUT2D eigenvalue weighted by molar-refractivity contribution is 5.33. The van der Waals surface area contributed by atoms with E-state index in [2.05, 4.69) is 54.5 Å². The highest BCUT2D eigenvalue weighted by atomic mass is 16.3. The van der Waals surface area contributed by atoms with Crippen LogP contribution in [0.5, 0.6) is 0 Å². The Labute approximate surface area is 192 Å². The number of fused-ring (bicyclic) bond motifs is 7. The van der Waals surface area contributed by atoms with Crippen molar-refractivity contribution in [1.82, 2.24) is 0 Å². The maximum Gasteiger partial charge on any atom is 0.0568 e.